The molecule has 0 aromatic heterocycles. The lowest BCUT2D eigenvalue weighted by atomic mass is 10.0. The molecule has 3 aromatic rings. The molecule has 0 unspecified atom stereocenters. The Morgan fingerprint density at radius 3 is 2.26 bits per heavy atom. The largest absolute Gasteiger partial charge is 0.457 e. The summed E-state index contributed by atoms with van der Waals surface area (Å²) in [5, 5.41) is 11.7. The SMILES string of the molecule is CCCCN(C(=O)Nc1ccc(C#N)cc1F)C1CCN(Cc2ccc(Oc3ccc(NS(C)(=O)=O)cc3)cc2)CC1.Cl. The number of sulfonamides is 1. The molecule has 0 aliphatic carbocycles. The molecule has 4 rings (SSSR count). The number of hydrogen-bond donors (Lipinski definition) is 2. The van der Waals surface area contributed by atoms with Crippen LogP contribution in [-0.2, 0) is 16.6 Å². The van der Waals surface area contributed by atoms with Crippen LogP contribution in [0.4, 0.5) is 20.6 Å². The highest BCUT2D eigenvalue weighted by molar-refractivity contribution is 7.92. The normalized spacial score (nSPS) is 13.8. The van der Waals surface area contributed by atoms with Crippen molar-refractivity contribution in [1.82, 2.24) is 9.80 Å². The maximum atomic E-state index is 14.4. The third kappa shape index (κ3) is 10.1. The fourth-order valence-electron chi connectivity index (χ4n) is 4.90. The zero-order chi connectivity index (χ0) is 30.1. The van der Waals surface area contributed by atoms with Gasteiger partial charge in [-0.3, -0.25) is 9.62 Å². The van der Waals surface area contributed by atoms with Gasteiger partial charge in [-0.15, -0.1) is 12.4 Å². The highest BCUT2D eigenvalue weighted by Crippen LogP contribution is 2.25. The number of likely N-dealkylation sites (tertiary alicyclic amines) is 1. The van der Waals surface area contributed by atoms with Crippen LogP contribution in [0.25, 0.3) is 0 Å². The number of ether oxygens (including phenoxy) is 1. The number of urea groups is 1. The van der Waals surface area contributed by atoms with Crippen molar-refractivity contribution in [3.05, 3.63) is 83.7 Å². The van der Waals surface area contributed by atoms with Gasteiger partial charge in [-0.2, -0.15) is 5.26 Å². The van der Waals surface area contributed by atoms with Gasteiger partial charge in [0.15, 0.2) is 0 Å². The number of amides is 2. The predicted molar refractivity (Wildman–Crippen MR) is 169 cm³/mol. The van der Waals surface area contributed by atoms with Crippen LogP contribution >= 0.6 is 12.4 Å². The van der Waals surface area contributed by atoms with Crippen LogP contribution in [0.2, 0.25) is 0 Å². The molecule has 1 saturated heterocycles. The van der Waals surface area contributed by atoms with E-state index >= 15 is 0 Å². The van der Waals surface area contributed by atoms with E-state index in [1.165, 1.54) is 12.1 Å². The number of carbonyl (C=O) groups excluding carboxylic acids is 1. The van der Waals surface area contributed by atoms with Crippen molar-refractivity contribution in [3.63, 3.8) is 0 Å². The van der Waals surface area contributed by atoms with E-state index in [1.54, 1.807) is 24.3 Å². The summed E-state index contributed by atoms with van der Waals surface area (Å²) in [4.78, 5) is 17.3. The number of nitrogens with zero attached hydrogens (tertiary/aromatic N) is 3. The third-order valence-corrected chi connectivity index (χ3v) is 7.68. The molecular formula is C31H37ClFN5O4S. The first-order chi connectivity index (χ1) is 20.1. The molecule has 1 heterocycles. The molecule has 43 heavy (non-hydrogen) atoms. The zero-order valence-electron chi connectivity index (χ0n) is 24.3. The maximum absolute atomic E-state index is 14.4. The van der Waals surface area contributed by atoms with Gasteiger partial charge in [0, 0.05) is 37.9 Å². The van der Waals surface area contributed by atoms with E-state index in [9.17, 15) is 17.6 Å². The Labute approximate surface area is 259 Å². The Balaban J connectivity index is 0.00000506. The second-order valence-corrected chi connectivity index (χ2v) is 12.2. The number of piperidine rings is 1. The van der Waals surface area contributed by atoms with Gasteiger partial charge in [0.2, 0.25) is 10.0 Å². The Kier molecular flexibility index (Phi) is 12.2. The summed E-state index contributed by atoms with van der Waals surface area (Å²) >= 11 is 0. The molecule has 3 aromatic carbocycles. The molecule has 1 aliphatic rings. The first-order valence-electron chi connectivity index (χ1n) is 14.0. The van der Waals surface area contributed by atoms with Gasteiger partial charge in [0.05, 0.1) is 23.6 Å². The number of rotatable bonds is 11. The van der Waals surface area contributed by atoms with E-state index in [1.807, 2.05) is 35.2 Å². The van der Waals surface area contributed by atoms with Crippen LogP contribution in [0.1, 0.15) is 43.7 Å². The van der Waals surface area contributed by atoms with Gasteiger partial charge in [0.1, 0.15) is 17.3 Å². The molecule has 0 spiro atoms. The summed E-state index contributed by atoms with van der Waals surface area (Å²) in [6.45, 7) is 5.11. The van der Waals surface area contributed by atoms with Crippen molar-refractivity contribution in [2.45, 2.75) is 45.2 Å². The number of hydrogen-bond acceptors (Lipinski definition) is 6. The van der Waals surface area contributed by atoms with Crippen molar-refractivity contribution in [2.24, 2.45) is 0 Å². The lowest BCUT2D eigenvalue weighted by Gasteiger charge is -2.38. The second-order valence-electron chi connectivity index (χ2n) is 10.4. The Morgan fingerprint density at radius 1 is 1.07 bits per heavy atom. The molecule has 2 amide bonds. The lowest BCUT2D eigenvalue weighted by Crippen LogP contribution is -2.49. The predicted octanol–water partition coefficient (Wildman–Crippen LogP) is 6.58. The fourth-order valence-corrected chi connectivity index (χ4v) is 5.47. The molecule has 0 saturated carbocycles. The van der Waals surface area contributed by atoms with Crippen molar-refractivity contribution in [2.75, 3.05) is 35.9 Å². The summed E-state index contributed by atoms with van der Waals surface area (Å²) in [6, 6.07) is 20.2. The Morgan fingerprint density at radius 2 is 1.70 bits per heavy atom. The standard InChI is InChI=1S/C31H36FN5O4S.ClH/c1-3-4-17-37(31(38)34-30-14-7-24(21-33)20-29(30)32)26-15-18-36(19-16-26)22-23-5-10-27(11-6-23)41-28-12-8-25(9-13-28)35-42(2,39)40;/h5-14,20,26,35H,3-4,15-19,22H2,1-2H3,(H,34,38);1H. The van der Waals surface area contributed by atoms with Crippen LogP contribution < -0.4 is 14.8 Å². The second kappa shape index (κ2) is 15.6. The highest BCUT2D eigenvalue weighted by Gasteiger charge is 2.28. The van der Waals surface area contributed by atoms with Gasteiger partial charge in [0.25, 0.3) is 0 Å². The van der Waals surface area contributed by atoms with Crippen LogP contribution in [0.3, 0.4) is 0 Å². The van der Waals surface area contributed by atoms with Gasteiger partial charge in [-0.05, 0) is 79.4 Å². The monoisotopic (exact) mass is 629 g/mol. The van der Waals surface area contributed by atoms with Gasteiger partial charge < -0.3 is 15.0 Å². The number of unbranched alkanes of at least 4 members (excludes halogenated alkanes) is 1. The van der Waals surface area contributed by atoms with Crippen molar-refractivity contribution in [3.8, 4) is 17.6 Å². The van der Waals surface area contributed by atoms with Gasteiger partial charge in [-0.1, -0.05) is 25.5 Å². The first kappa shape index (κ1) is 33.6. The quantitative estimate of drug-likeness (QED) is 0.248. The average molecular weight is 630 g/mol. The molecule has 9 nitrogen and oxygen atoms in total. The molecule has 0 radical (unpaired) electrons. The number of nitrogens with one attached hydrogen (secondary N) is 2. The van der Waals surface area contributed by atoms with Gasteiger partial charge >= 0.3 is 6.03 Å². The molecule has 0 atom stereocenters. The molecule has 2 N–H and O–H groups in total. The molecule has 12 heteroatoms. The number of benzene rings is 3. The minimum Gasteiger partial charge on any atom is -0.457 e. The van der Waals surface area contributed by atoms with Crippen LogP contribution in [0, 0.1) is 17.1 Å². The summed E-state index contributed by atoms with van der Waals surface area (Å²) in [5.41, 5.74) is 1.90. The molecular weight excluding hydrogens is 593 g/mol. The number of nitriles is 1. The summed E-state index contributed by atoms with van der Waals surface area (Å²) < 4.78 is 45.4. The minimum absolute atomic E-state index is 0. The van der Waals surface area contributed by atoms with Crippen molar-refractivity contribution in [1.29, 1.82) is 5.26 Å². The number of carbonyl (C=O) groups is 1. The lowest BCUT2D eigenvalue weighted by molar-refractivity contribution is 0.122. The van der Waals surface area contributed by atoms with Gasteiger partial charge in [-0.25, -0.2) is 17.6 Å². The maximum Gasteiger partial charge on any atom is 0.322 e. The Hall–Kier alpha value is -3.85. The number of anilines is 2. The molecule has 0 bridgehead atoms. The number of halogens is 2. The summed E-state index contributed by atoms with van der Waals surface area (Å²) in [6.07, 6.45) is 4.54. The van der Waals surface area contributed by atoms with E-state index in [-0.39, 0.29) is 35.7 Å². The summed E-state index contributed by atoms with van der Waals surface area (Å²) in [5.74, 6) is 0.656. The first-order valence-corrected chi connectivity index (χ1v) is 15.9. The molecule has 1 fully saturated rings. The highest BCUT2D eigenvalue weighted by atomic mass is 35.5. The van der Waals surface area contributed by atoms with Crippen LogP contribution in [-0.4, -0.2) is 56.2 Å². The smallest absolute Gasteiger partial charge is 0.322 e. The molecule has 230 valence electrons. The molecule has 1 aliphatic heterocycles. The fraction of sp³-hybridized carbons (Fsp3) is 0.355. The Bertz CT molecular complexity index is 1510. The van der Waals surface area contributed by atoms with E-state index in [2.05, 4.69) is 21.9 Å². The zero-order valence-corrected chi connectivity index (χ0v) is 25.9. The minimum atomic E-state index is -3.33. The third-order valence-electron chi connectivity index (χ3n) is 7.07. The van der Waals surface area contributed by atoms with Crippen LogP contribution in [0.5, 0.6) is 11.5 Å². The topological polar surface area (TPSA) is 115 Å². The van der Waals surface area contributed by atoms with E-state index in [4.69, 9.17) is 10.00 Å². The van der Waals surface area contributed by atoms with Crippen LogP contribution in [0.15, 0.2) is 66.7 Å². The average Bonchev–Trinajstić information content (AvgIpc) is 2.96. The van der Waals surface area contributed by atoms with E-state index in [0.29, 0.717) is 23.7 Å². The summed E-state index contributed by atoms with van der Waals surface area (Å²) in [7, 11) is -3.33. The van der Waals surface area contributed by atoms with E-state index in [0.717, 1.165) is 63.2 Å². The van der Waals surface area contributed by atoms with E-state index < -0.39 is 15.8 Å². The van der Waals surface area contributed by atoms with Crippen molar-refractivity contribution >= 4 is 39.8 Å². The van der Waals surface area contributed by atoms with Crippen molar-refractivity contribution < 1.29 is 22.3 Å².